The Hall–Kier alpha value is -2.65. The number of carbonyl (C=O) groups is 1. The number of nitrogens with zero attached hydrogens (tertiary/aromatic N) is 3. The van der Waals surface area contributed by atoms with Crippen molar-refractivity contribution in [3.05, 3.63) is 54.1 Å². The van der Waals surface area contributed by atoms with Crippen LogP contribution in [0.2, 0.25) is 0 Å². The van der Waals surface area contributed by atoms with Crippen LogP contribution in [0, 0.1) is 17.2 Å². The Bertz CT molecular complexity index is 751. The maximum Gasteiger partial charge on any atom is 0.224 e. The van der Waals surface area contributed by atoms with Crippen molar-refractivity contribution < 1.29 is 9.90 Å². The van der Waals surface area contributed by atoms with Crippen LogP contribution in [-0.4, -0.2) is 32.7 Å². The summed E-state index contributed by atoms with van der Waals surface area (Å²) in [6.07, 6.45) is 6.85. The molecule has 1 aliphatic carbocycles. The fraction of sp³-hybridized carbons (Fsp3) is 0.421. The van der Waals surface area contributed by atoms with Crippen LogP contribution in [0.5, 0.6) is 0 Å². The SMILES string of the molecule is N#CCc1ccccc1CC(=O)N[C@@H]1CC(Cn2ccnc2)C[C@H]1O. The van der Waals surface area contributed by atoms with E-state index in [1.54, 1.807) is 12.5 Å². The lowest BCUT2D eigenvalue weighted by molar-refractivity contribution is -0.121. The largest absolute Gasteiger partial charge is 0.391 e. The third-order valence-electron chi connectivity index (χ3n) is 4.74. The molecule has 25 heavy (non-hydrogen) atoms. The fourth-order valence-electron chi connectivity index (χ4n) is 3.53. The molecule has 0 bridgehead atoms. The van der Waals surface area contributed by atoms with Gasteiger partial charge in [0.15, 0.2) is 0 Å². The van der Waals surface area contributed by atoms with Gasteiger partial charge in [-0.2, -0.15) is 5.26 Å². The quantitative estimate of drug-likeness (QED) is 0.834. The Morgan fingerprint density at radius 1 is 1.36 bits per heavy atom. The first-order valence-electron chi connectivity index (χ1n) is 8.52. The fourth-order valence-corrected chi connectivity index (χ4v) is 3.53. The highest BCUT2D eigenvalue weighted by atomic mass is 16.3. The molecule has 1 unspecified atom stereocenters. The Morgan fingerprint density at radius 2 is 2.16 bits per heavy atom. The second kappa shape index (κ2) is 7.95. The minimum Gasteiger partial charge on any atom is -0.391 e. The summed E-state index contributed by atoms with van der Waals surface area (Å²) in [6.45, 7) is 0.800. The van der Waals surface area contributed by atoms with Crippen molar-refractivity contribution in [1.82, 2.24) is 14.9 Å². The number of rotatable bonds is 6. The molecule has 0 radical (unpaired) electrons. The highest BCUT2D eigenvalue weighted by Gasteiger charge is 2.34. The summed E-state index contributed by atoms with van der Waals surface area (Å²) in [4.78, 5) is 16.4. The van der Waals surface area contributed by atoms with Gasteiger partial charge in [-0.1, -0.05) is 24.3 Å². The summed E-state index contributed by atoms with van der Waals surface area (Å²) in [5.74, 6) is 0.207. The summed E-state index contributed by atoms with van der Waals surface area (Å²) < 4.78 is 2.00. The van der Waals surface area contributed by atoms with Gasteiger partial charge in [0, 0.05) is 18.9 Å². The number of benzene rings is 1. The lowest BCUT2D eigenvalue weighted by atomic mass is 10.0. The molecular formula is C19H22N4O2. The van der Waals surface area contributed by atoms with E-state index in [2.05, 4.69) is 16.4 Å². The third-order valence-corrected chi connectivity index (χ3v) is 4.74. The van der Waals surface area contributed by atoms with Crippen LogP contribution in [0.1, 0.15) is 24.0 Å². The van der Waals surface area contributed by atoms with Crippen LogP contribution in [0.3, 0.4) is 0 Å². The highest BCUT2D eigenvalue weighted by Crippen LogP contribution is 2.27. The average Bonchev–Trinajstić information content (AvgIpc) is 3.20. The lowest BCUT2D eigenvalue weighted by Crippen LogP contribution is -2.40. The molecule has 1 aliphatic rings. The molecule has 130 valence electrons. The summed E-state index contributed by atoms with van der Waals surface area (Å²) in [5, 5.41) is 22.1. The topological polar surface area (TPSA) is 90.9 Å². The molecule has 1 heterocycles. The maximum absolute atomic E-state index is 12.4. The van der Waals surface area contributed by atoms with Gasteiger partial charge < -0.3 is 15.0 Å². The Morgan fingerprint density at radius 3 is 2.88 bits per heavy atom. The van der Waals surface area contributed by atoms with Gasteiger partial charge in [0.2, 0.25) is 5.91 Å². The molecular weight excluding hydrogens is 316 g/mol. The molecule has 0 aliphatic heterocycles. The average molecular weight is 338 g/mol. The highest BCUT2D eigenvalue weighted by molar-refractivity contribution is 5.79. The van der Waals surface area contributed by atoms with E-state index in [1.165, 1.54) is 0 Å². The molecule has 1 aromatic heterocycles. The minimum atomic E-state index is -0.521. The number of nitriles is 1. The minimum absolute atomic E-state index is 0.113. The third kappa shape index (κ3) is 4.46. The molecule has 2 N–H and O–H groups in total. The smallest absolute Gasteiger partial charge is 0.224 e. The van der Waals surface area contributed by atoms with Crippen LogP contribution >= 0.6 is 0 Å². The molecule has 3 rings (SSSR count). The number of aliphatic hydroxyl groups is 1. The van der Waals surface area contributed by atoms with E-state index in [0.717, 1.165) is 24.1 Å². The first kappa shape index (κ1) is 17.2. The standard InChI is InChI=1S/C19H22N4O2/c20-6-5-15-3-1-2-4-16(15)11-19(25)22-17-9-14(10-18(17)24)12-23-8-7-21-13-23/h1-4,7-8,13-14,17-18,24H,5,9-12H2,(H,22,25)/t14?,17-,18-/m1/s1. The van der Waals surface area contributed by atoms with E-state index >= 15 is 0 Å². The number of aliphatic hydroxyl groups excluding tert-OH is 1. The summed E-state index contributed by atoms with van der Waals surface area (Å²) in [6, 6.07) is 9.39. The number of hydrogen-bond acceptors (Lipinski definition) is 4. The molecule has 1 amide bonds. The van der Waals surface area contributed by atoms with Crippen molar-refractivity contribution in [3.63, 3.8) is 0 Å². The van der Waals surface area contributed by atoms with E-state index in [0.29, 0.717) is 18.8 Å². The van der Waals surface area contributed by atoms with Crippen LogP contribution in [0.25, 0.3) is 0 Å². The molecule has 1 fully saturated rings. The summed E-state index contributed by atoms with van der Waals surface area (Å²) in [5.41, 5.74) is 1.74. The van der Waals surface area contributed by atoms with Gasteiger partial charge in [-0.3, -0.25) is 4.79 Å². The van der Waals surface area contributed by atoms with Crippen molar-refractivity contribution in [2.75, 3.05) is 0 Å². The summed E-state index contributed by atoms with van der Waals surface area (Å²) >= 11 is 0. The Balaban J connectivity index is 1.55. The molecule has 3 atom stereocenters. The molecule has 1 aromatic carbocycles. The number of imidazole rings is 1. The van der Waals surface area contributed by atoms with Crippen molar-refractivity contribution in [1.29, 1.82) is 5.26 Å². The van der Waals surface area contributed by atoms with Gasteiger partial charge >= 0.3 is 0 Å². The van der Waals surface area contributed by atoms with Crippen LogP contribution in [-0.2, 0) is 24.2 Å². The van der Waals surface area contributed by atoms with Crippen molar-refractivity contribution in [2.24, 2.45) is 5.92 Å². The van der Waals surface area contributed by atoms with Gasteiger partial charge in [-0.25, -0.2) is 4.98 Å². The van der Waals surface area contributed by atoms with E-state index in [-0.39, 0.29) is 18.4 Å². The zero-order valence-electron chi connectivity index (χ0n) is 14.0. The first-order valence-corrected chi connectivity index (χ1v) is 8.52. The first-order chi connectivity index (χ1) is 12.2. The Kier molecular flexibility index (Phi) is 5.46. The van der Waals surface area contributed by atoms with Gasteiger partial charge in [-0.05, 0) is 29.9 Å². The predicted molar refractivity (Wildman–Crippen MR) is 92.4 cm³/mol. The second-order valence-electron chi connectivity index (χ2n) is 6.62. The van der Waals surface area contributed by atoms with E-state index in [9.17, 15) is 9.90 Å². The molecule has 0 saturated heterocycles. The van der Waals surface area contributed by atoms with E-state index in [4.69, 9.17) is 5.26 Å². The monoisotopic (exact) mass is 338 g/mol. The number of hydrogen-bond donors (Lipinski definition) is 2. The molecule has 1 saturated carbocycles. The van der Waals surface area contributed by atoms with Crippen LogP contribution in [0.15, 0.2) is 43.0 Å². The van der Waals surface area contributed by atoms with Gasteiger partial charge in [0.25, 0.3) is 0 Å². The molecule has 6 nitrogen and oxygen atoms in total. The van der Waals surface area contributed by atoms with Crippen molar-refractivity contribution >= 4 is 5.91 Å². The molecule has 0 spiro atoms. The number of carbonyl (C=O) groups excluding carboxylic acids is 1. The molecule has 2 aromatic rings. The predicted octanol–water partition coefficient (Wildman–Crippen LogP) is 1.45. The van der Waals surface area contributed by atoms with E-state index in [1.807, 2.05) is 35.0 Å². The number of aromatic nitrogens is 2. The van der Waals surface area contributed by atoms with E-state index < -0.39 is 6.10 Å². The van der Waals surface area contributed by atoms with Crippen molar-refractivity contribution in [3.8, 4) is 6.07 Å². The Labute approximate surface area is 147 Å². The summed E-state index contributed by atoms with van der Waals surface area (Å²) in [7, 11) is 0. The van der Waals surface area contributed by atoms with Gasteiger partial charge in [-0.15, -0.1) is 0 Å². The number of nitrogens with one attached hydrogen (secondary N) is 1. The normalized spacial score (nSPS) is 22.5. The number of amides is 1. The van der Waals surface area contributed by atoms with Crippen LogP contribution < -0.4 is 5.32 Å². The van der Waals surface area contributed by atoms with Gasteiger partial charge in [0.1, 0.15) is 0 Å². The van der Waals surface area contributed by atoms with Gasteiger partial charge in [0.05, 0.1) is 37.4 Å². The zero-order chi connectivity index (χ0) is 17.6. The van der Waals surface area contributed by atoms with Crippen LogP contribution in [0.4, 0.5) is 0 Å². The van der Waals surface area contributed by atoms with Crippen molar-refractivity contribution in [2.45, 2.75) is 44.4 Å². The second-order valence-corrected chi connectivity index (χ2v) is 6.62. The molecule has 6 heteroatoms. The maximum atomic E-state index is 12.4. The zero-order valence-corrected chi connectivity index (χ0v) is 14.0. The lowest BCUT2D eigenvalue weighted by Gasteiger charge is -2.17.